The molecule has 0 fully saturated rings. The molecule has 0 saturated carbocycles. The van der Waals surface area contributed by atoms with Crippen molar-refractivity contribution in [2.45, 2.75) is 66.0 Å². The van der Waals surface area contributed by atoms with Gasteiger partial charge in [0.05, 0.1) is 25.9 Å². The monoisotopic (exact) mass is 601 g/mol. The molecule has 2 aromatic carbocycles. The summed E-state index contributed by atoms with van der Waals surface area (Å²) >= 11 is 0. The van der Waals surface area contributed by atoms with Crippen molar-refractivity contribution in [1.82, 2.24) is 5.32 Å². The highest BCUT2D eigenvalue weighted by atomic mass is 16.7. The number of rotatable bonds is 16. The number of esters is 2. The van der Waals surface area contributed by atoms with Gasteiger partial charge in [-0.25, -0.2) is 14.4 Å². The minimum Gasteiger partial charge on any atom is -0.468 e. The first kappa shape index (κ1) is 35.1. The minimum absolute atomic E-state index is 0.0533. The van der Waals surface area contributed by atoms with Gasteiger partial charge in [0.25, 0.3) is 0 Å². The minimum atomic E-state index is -0.966. The maximum absolute atomic E-state index is 12.6. The molecule has 3 unspecified atom stereocenters. The van der Waals surface area contributed by atoms with E-state index in [2.05, 4.69) is 5.32 Å². The van der Waals surface area contributed by atoms with E-state index in [-0.39, 0.29) is 49.5 Å². The van der Waals surface area contributed by atoms with Crippen molar-refractivity contribution in [3.63, 3.8) is 0 Å². The average molecular weight is 602 g/mol. The van der Waals surface area contributed by atoms with Crippen LogP contribution in [-0.2, 0) is 30.2 Å². The molecule has 11 heteroatoms. The van der Waals surface area contributed by atoms with Crippen molar-refractivity contribution in [2.24, 2.45) is 11.8 Å². The zero-order chi connectivity index (χ0) is 31.8. The van der Waals surface area contributed by atoms with Crippen molar-refractivity contribution in [1.29, 1.82) is 0 Å². The molecule has 2 aromatic rings. The molecule has 0 aliphatic heterocycles. The van der Waals surface area contributed by atoms with Gasteiger partial charge < -0.3 is 33.7 Å². The third kappa shape index (κ3) is 12.7. The van der Waals surface area contributed by atoms with E-state index in [4.69, 9.17) is 28.4 Å². The normalized spacial score (nSPS) is 13.5. The number of carbonyl (C=O) groups excluding carboxylic acids is 4. The molecule has 0 aliphatic rings. The van der Waals surface area contributed by atoms with Gasteiger partial charge in [-0.2, -0.15) is 0 Å². The lowest BCUT2D eigenvalue weighted by molar-refractivity contribution is -0.143. The number of methoxy groups -OCH3 is 1. The first-order valence-corrected chi connectivity index (χ1v) is 14.4. The van der Waals surface area contributed by atoms with Crippen LogP contribution in [0.1, 0.15) is 63.4 Å². The molecule has 0 radical (unpaired) electrons. The molecule has 4 atom stereocenters. The Balaban J connectivity index is 2.16. The van der Waals surface area contributed by atoms with Crippen LogP contribution in [0.5, 0.6) is 11.5 Å². The van der Waals surface area contributed by atoms with Crippen LogP contribution >= 0.6 is 0 Å². The Labute approximate surface area is 253 Å². The molecule has 0 aromatic heterocycles. The molecule has 236 valence electrons. The summed E-state index contributed by atoms with van der Waals surface area (Å²) in [4.78, 5) is 49.7. The van der Waals surface area contributed by atoms with Gasteiger partial charge in [0, 0.05) is 6.54 Å². The smallest absolute Gasteiger partial charge is 0.468 e. The molecule has 0 amide bonds. The summed E-state index contributed by atoms with van der Waals surface area (Å²) in [5.74, 6) is -0.890. The zero-order valence-electron chi connectivity index (χ0n) is 25.8. The van der Waals surface area contributed by atoms with E-state index < -0.39 is 36.4 Å². The van der Waals surface area contributed by atoms with E-state index in [1.807, 2.05) is 27.7 Å². The number of carbonyl (C=O) groups is 4. The SMILES string of the molecule is CCC(C)COC(=O)Oc1ccc(C[C@H](NCC(C)OC(=O)c2ccccc2)C(=O)OC)cc1OC(=O)OCC(C)CC. The predicted molar refractivity (Wildman–Crippen MR) is 158 cm³/mol. The summed E-state index contributed by atoms with van der Waals surface area (Å²) in [5, 5.41) is 3.06. The Hall–Kier alpha value is -4.12. The van der Waals surface area contributed by atoms with Gasteiger partial charge in [-0.05, 0) is 55.0 Å². The van der Waals surface area contributed by atoms with Gasteiger partial charge in [0.15, 0.2) is 11.5 Å². The lowest BCUT2D eigenvalue weighted by Gasteiger charge is -2.20. The molecule has 0 spiro atoms. The van der Waals surface area contributed by atoms with E-state index in [1.54, 1.807) is 43.3 Å². The fourth-order valence-corrected chi connectivity index (χ4v) is 3.53. The second kappa shape index (κ2) is 18.4. The standard InChI is InChI=1S/C32H43NO10/c1-7-21(3)19-39-31(36)42-27-15-14-24(17-28(27)43-32(37)40-20-22(4)8-2)16-26(30(35)38-6)33-18-23(5)41-29(34)25-12-10-9-11-13-25/h9-15,17,21-23,26,33H,7-8,16,18-20H2,1-6H3/t21?,22?,23?,26-/m0/s1. The highest BCUT2D eigenvalue weighted by molar-refractivity contribution is 5.89. The Bertz CT molecular complexity index is 1190. The molecule has 0 saturated heterocycles. The zero-order valence-corrected chi connectivity index (χ0v) is 25.8. The molecule has 2 rings (SSSR count). The highest BCUT2D eigenvalue weighted by Crippen LogP contribution is 2.30. The van der Waals surface area contributed by atoms with Crippen LogP contribution in [0.15, 0.2) is 48.5 Å². The summed E-state index contributed by atoms with van der Waals surface area (Å²) in [6.07, 6.45) is -0.724. The molecule has 1 N–H and O–H groups in total. The van der Waals surface area contributed by atoms with Crippen molar-refractivity contribution in [3.8, 4) is 11.5 Å². The number of nitrogens with one attached hydrogen (secondary N) is 1. The van der Waals surface area contributed by atoms with Crippen LogP contribution in [0.25, 0.3) is 0 Å². The highest BCUT2D eigenvalue weighted by Gasteiger charge is 2.24. The number of hydrogen-bond acceptors (Lipinski definition) is 11. The van der Waals surface area contributed by atoms with Crippen molar-refractivity contribution < 1.29 is 47.6 Å². The van der Waals surface area contributed by atoms with Gasteiger partial charge in [-0.1, -0.05) is 64.8 Å². The predicted octanol–water partition coefficient (Wildman–Crippen LogP) is 5.73. The third-order valence-corrected chi connectivity index (χ3v) is 6.65. The summed E-state index contributed by atoms with van der Waals surface area (Å²) < 4.78 is 31.5. The van der Waals surface area contributed by atoms with E-state index in [0.29, 0.717) is 11.1 Å². The van der Waals surface area contributed by atoms with Crippen molar-refractivity contribution in [2.75, 3.05) is 26.9 Å². The van der Waals surface area contributed by atoms with Crippen LogP contribution in [0.4, 0.5) is 9.59 Å². The molecule has 0 aliphatic carbocycles. The van der Waals surface area contributed by atoms with Gasteiger partial charge in [-0.15, -0.1) is 0 Å². The lowest BCUT2D eigenvalue weighted by Crippen LogP contribution is -2.43. The van der Waals surface area contributed by atoms with Gasteiger partial charge in [-0.3, -0.25) is 4.79 Å². The lowest BCUT2D eigenvalue weighted by atomic mass is 10.0. The molecule has 11 nitrogen and oxygen atoms in total. The second-order valence-corrected chi connectivity index (χ2v) is 10.4. The van der Waals surface area contributed by atoms with Gasteiger partial charge >= 0.3 is 24.2 Å². The van der Waals surface area contributed by atoms with E-state index in [1.165, 1.54) is 19.2 Å². The van der Waals surface area contributed by atoms with E-state index in [0.717, 1.165) is 12.8 Å². The van der Waals surface area contributed by atoms with Crippen LogP contribution in [-0.4, -0.2) is 63.3 Å². The Kier molecular flexibility index (Phi) is 15.0. The molecular formula is C32H43NO10. The molecule has 0 bridgehead atoms. The third-order valence-electron chi connectivity index (χ3n) is 6.65. The van der Waals surface area contributed by atoms with Crippen LogP contribution in [0.3, 0.4) is 0 Å². The van der Waals surface area contributed by atoms with Crippen molar-refractivity contribution in [3.05, 3.63) is 59.7 Å². The van der Waals surface area contributed by atoms with E-state index >= 15 is 0 Å². The topological polar surface area (TPSA) is 136 Å². The van der Waals surface area contributed by atoms with Crippen LogP contribution < -0.4 is 14.8 Å². The summed E-state index contributed by atoms with van der Waals surface area (Å²) in [6.45, 7) is 10.00. The van der Waals surface area contributed by atoms with Crippen LogP contribution in [0, 0.1) is 11.8 Å². The first-order chi connectivity index (χ1) is 20.6. The average Bonchev–Trinajstić information content (AvgIpc) is 3.01. The second-order valence-electron chi connectivity index (χ2n) is 10.4. The molecule has 0 heterocycles. The Morgan fingerprint density at radius 2 is 1.37 bits per heavy atom. The summed E-state index contributed by atoms with van der Waals surface area (Å²) in [7, 11) is 1.26. The Morgan fingerprint density at radius 1 is 0.791 bits per heavy atom. The fraction of sp³-hybridized carbons (Fsp3) is 0.500. The fourth-order valence-electron chi connectivity index (χ4n) is 3.53. The first-order valence-electron chi connectivity index (χ1n) is 14.4. The molecule has 43 heavy (non-hydrogen) atoms. The summed E-state index contributed by atoms with van der Waals surface area (Å²) in [5.41, 5.74) is 0.974. The van der Waals surface area contributed by atoms with Gasteiger partial charge in [0.1, 0.15) is 12.1 Å². The number of ether oxygens (including phenoxy) is 6. The Morgan fingerprint density at radius 3 is 1.93 bits per heavy atom. The summed E-state index contributed by atoms with van der Waals surface area (Å²) in [6, 6.07) is 12.3. The van der Waals surface area contributed by atoms with Gasteiger partial charge in [0.2, 0.25) is 0 Å². The van der Waals surface area contributed by atoms with Crippen LogP contribution in [0.2, 0.25) is 0 Å². The number of hydrogen-bond donors (Lipinski definition) is 1. The quantitative estimate of drug-likeness (QED) is 0.144. The number of benzene rings is 2. The van der Waals surface area contributed by atoms with E-state index in [9.17, 15) is 19.2 Å². The molecular weight excluding hydrogens is 558 g/mol. The maximum Gasteiger partial charge on any atom is 0.513 e. The van der Waals surface area contributed by atoms with Crippen molar-refractivity contribution >= 4 is 24.2 Å². The largest absolute Gasteiger partial charge is 0.513 e. The maximum atomic E-state index is 12.6.